The Bertz CT molecular complexity index is 457. The third kappa shape index (κ3) is 4.79. The lowest BCUT2D eigenvalue weighted by molar-refractivity contribution is -0.148. The molecule has 2 N–H and O–H groups in total. The van der Waals surface area contributed by atoms with Crippen LogP contribution in [0.2, 0.25) is 0 Å². The van der Waals surface area contributed by atoms with Gasteiger partial charge in [-0.05, 0) is 12.1 Å². The Labute approximate surface area is 110 Å². The molecule has 0 aliphatic heterocycles. The average Bonchev–Trinajstić information content (AvgIpc) is 2.43. The summed E-state index contributed by atoms with van der Waals surface area (Å²) in [6.07, 6.45) is 0.152. The van der Waals surface area contributed by atoms with Crippen molar-refractivity contribution in [3.63, 3.8) is 0 Å². The number of carboxylic acid groups (broad SMARTS) is 1. The van der Waals surface area contributed by atoms with E-state index in [4.69, 9.17) is 9.84 Å². The number of nitrogens with one attached hydrogen (secondary N) is 1. The number of aliphatic carboxylic acids is 1. The van der Waals surface area contributed by atoms with E-state index in [0.717, 1.165) is 0 Å². The van der Waals surface area contributed by atoms with Crippen molar-refractivity contribution in [2.75, 3.05) is 6.61 Å². The van der Waals surface area contributed by atoms with Crippen LogP contribution in [-0.4, -0.2) is 35.6 Å². The second-order valence-corrected chi connectivity index (χ2v) is 3.77. The summed E-state index contributed by atoms with van der Waals surface area (Å²) in [5, 5.41) is 11.2. The largest absolute Gasteiger partial charge is 0.480 e. The van der Waals surface area contributed by atoms with Crippen molar-refractivity contribution < 1.29 is 24.2 Å². The lowest BCUT2D eigenvalue weighted by Gasteiger charge is -2.14. The van der Waals surface area contributed by atoms with E-state index in [9.17, 15) is 14.4 Å². The number of benzene rings is 1. The molecule has 0 bridgehead atoms. The molecule has 0 saturated carbocycles. The van der Waals surface area contributed by atoms with Crippen molar-refractivity contribution in [3.05, 3.63) is 35.9 Å². The van der Waals surface area contributed by atoms with Gasteiger partial charge in [0.2, 0.25) is 0 Å². The maximum absolute atomic E-state index is 11.8. The molecule has 6 nitrogen and oxygen atoms in total. The summed E-state index contributed by atoms with van der Waals surface area (Å²) in [5.41, 5.74) is 0.343. The highest BCUT2D eigenvalue weighted by Gasteiger charge is 2.22. The van der Waals surface area contributed by atoms with Crippen LogP contribution in [-0.2, 0) is 14.3 Å². The van der Waals surface area contributed by atoms with Crippen molar-refractivity contribution >= 4 is 17.8 Å². The van der Waals surface area contributed by atoms with Crippen molar-refractivity contribution in [1.29, 1.82) is 0 Å². The molecule has 0 aliphatic carbocycles. The Hall–Kier alpha value is -2.37. The predicted molar refractivity (Wildman–Crippen MR) is 66.6 cm³/mol. The summed E-state index contributed by atoms with van der Waals surface area (Å²) in [4.78, 5) is 33.7. The second-order valence-electron chi connectivity index (χ2n) is 3.77. The van der Waals surface area contributed by atoms with E-state index in [0.29, 0.717) is 5.56 Å². The Balaban J connectivity index is 2.61. The van der Waals surface area contributed by atoms with Crippen LogP contribution in [0.3, 0.4) is 0 Å². The van der Waals surface area contributed by atoms with Gasteiger partial charge in [0, 0.05) is 12.0 Å². The van der Waals surface area contributed by atoms with Gasteiger partial charge in [0.25, 0.3) is 5.91 Å². The first kappa shape index (κ1) is 14.7. The normalized spacial score (nSPS) is 11.4. The third-order valence-corrected chi connectivity index (χ3v) is 2.34. The number of carbonyl (C=O) groups excluding carboxylic acids is 2. The summed E-state index contributed by atoms with van der Waals surface area (Å²) in [6.45, 7) is 1.21. The van der Waals surface area contributed by atoms with Crippen LogP contribution < -0.4 is 5.32 Å². The first-order valence-corrected chi connectivity index (χ1v) is 5.79. The molecule has 1 rings (SSSR count). The highest BCUT2D eigenvalue weighted by Crippen LogP contribution is 2.00. The number of rotatable bonds is 6. The van der Waals surface area contributed by atoms with Crippen LogP contribution in [0.1, 0.15) is 23.7 Å². The van der Waals surface area contributed by atoms with E-state index in [1.165, 1.54) is 0 Å². The Morgan fingerprint density at radius 1 is 1.26 bits per heavy atom. The van der Waals surface area contributed by atoms with Gasteiger partial charge in [0.1, 0.15) is 6.61 Å². The molecule has 1 atom stereocenters. The molecule has 102 valence electrons. The fourth-order valence-corrected chi connectivity index (χ4v) is 1.28. The zero-order valence-corrected chi connectivity index (χ0v) is 10.5. The molecule has 1 amide bonds. The van der Waals surface area contributed by atoms with Crippen LogP contribution in [0.4, 0.5) is 0 Å². The SMILES string of the molecule is CCC(=O)OC[C@H](NC(=O)c1ccccc1)C(=O)O. The standard InChI is InChI=1S/C13H15NO5/c1-2-11(15)19-8-10(13(17)18)14-12(16)9-6-4-3-5-7-9/h3-7,10H,2,8H2,1H3,(H,14,16)(H,17,18)/t10-/m0/s1. The van der Waals surface area contributed by atoms with E-state index in [1.54, 1.807) is 37.3 Å². The first-order chi connectivity index (χ1) is 9.04. The van der Waals surface area contributed by atoms with Gasteiger partial charge in [-0.1, -0.05) is 25.1 Å². The maximum atomic E-state index is 11.8. The number of amides is 1. The molecule has 0 aliphatic rings. The van der Waals surface area contributed by atoms with Gasteiger partial charge in [0.05, 0.1) is 0 Å². The van der Waals surface area contributed by atoms with Gasteiger partial charge in [-0.2, -0.15) is 0 Å². The highest BCUT2D eigenvalue weighted by molar-refractivity contribution is 5.96. The van der Waals surface area contributed by atoms with Crippen molar-refractivity contribution in [3.8, 4) is 0 Å². The molecule has 0 radical (unpaired) electrons. The van der Waals surface area contributed by atoms with Gasteiger partial charge in [-0.25, -0.2) is 4.79 Å². The molecule has 19 heavy (non-hydrogen) atoms. The second kappa shape index (κ2) is 7.15. The fourth-order valence-electron chi connectivity index (χ4n) is 1.28. The lowest BCUT2D eigenvalue weighted by atomic mass is 10.2. The third-order valence-electron chi connectivity index (χ3n) is 2.34. The summed E-state index contributed by atoms with van der Waals surface area (Å²) in [7, 11) is 0. The number of esters is 1. The molecular formula is C13H15NO5. The van der Waals surface area contributed by atoms with E-state index >= 15 is 0 Å². The van der Waals surface area contributed by atoms with E-state index in [2.05, 4.69) is 5.32 Å². The van der Waals surface area contributed by atoms with Crippen LogP contribution >= 0.6 is 0 Å². The number of carbonyl (C=O) groups is 3. The Kier molecular flexibility index (Phi) is 5.53. The van der Waals surface area contributed by atoms with Crippen LogP contribution in [0, 0.1) is 0 Å². The van der Waals surface area contributed by atoms with Crippen LogP contribution in [0.5, 0.6) is 0 Å². The van der Waals surface area contributed by atoms with Crippen LogP contribution in [0.25, 0.3) is 0 Å². The monoisotopic (exact) mass is 265 g/mol. The molecule has 0 saturated heterocycles. The lowest BCUT2D eigenvalue weighted by Crippen LogP contribution is -2.44. The zero-order chi connectivity index (χ0) is 14.3. The van der Waals surface area contributed by atoms with E-state index in [-0.39, 0.29) is 13.0 Å². The topological polar surface area (TPSA) is 92.7 Å². The summed E-state index contributed by atoms with van der Waals surface area (Å²) >= 11 is 0. The van der Waals surface area contributed by atoms with Gasteiger partial charge in [0.15, 0.2) is 6.04 Å². The molecule has 0 aromatic heterocycles. The molecule has 1 aromatic rings. The average molecular weight is 265 g/mol. The zero-order valence-electron chi connectivity index (χ0n) is 10.5. The maximum Gasteiger partial charge on any atom is 0.329 e. The van der Waals surface area contributed by atoms with Gasteiger partial charge >= 0.3 is 11.9 Å². The van der Waals surface area contributed by atoms with E-state index < -0.39 is 23.9 Å². The van der Waals surface area contributed by atoms with Gasteiger partial charge in [-0.15, -0.1) is 0 Å². The van der Waals surface area contributed by atoms with Crippen molar-refractivity contribution in [2.24, 2.45) is 0 Å². The highest BCUT2D eigenvalue weighted by atomic mass is 16.5. The summed E-state index contributed by atoms with van der Waals surface area (Å²) < 4.78 is 4.72. The molecular weight excluding hydrogens is 250 g/mol. The minimum absolute atomic E-state index is 0.152. The Morgan fingerprint density at radius 2 is 1.89 bits per heavy atom. The smallest absolute Gasteiger partial charge is 0.329 e. The molecule has 0 heterocycles. The summed E-state index contributed by atoms with van der Waals surface area (Å²) in [6, 6.07) is 6.94. The molecule has 0 spiro atoms. The minimum Gasteiger partial charge on any atom is -0.480 e. The number of ether oxygens (including phenoxy) is 1. The van der Waals surface area contributed by atoms with Crippen molar-refractivity contribution in [2.45, 2.75) is 19.4 Å². The Morgan fingerprint density at radius 3 is 2.42 bits per heavy atom. The fraction of sp³-hybridized carbons (Fsp3) is 0.308. The number of carboxylic acids is 1. The molecule has 0 fully saturated rings. The quantitative estimate of drug-likeness (QED) is 0.743. The molecule has 0 unspecified atom stereocenters. The van der Waals surface area contributed by atoms with E-state index in [1.807, 2.05) is 0 Å². The van der Waals surface area contributed by atoms with Gasteiger partial charge < -0.3 is 15.2 Å². The first-order valence-electron chi connectivity index (χ1n) is 5.79. The van der Waals surface area contributed by atoms with Crippen molar-refractivity contribution in [1.82, 2.24) is 5.32 Å². The number of hydrogen-bond donors (Lipinski definition) is 2. The predicted octanol–water partition coefficient (Wildman–Crippen LogP) is 0.823. The minimum atomic E-state index is -1.26. The van der Waals surface area contributed by atoms with Gasteiger partial charge in [-0.3, -0.25) is 9.59 Å². The molecule has 1 aromatic carbocycles. The summed E-state index contributed by atoms with van der Waals surface area (Å²) in [5.74, 6) is -2.30. The van der Waals surface area contributed by atoms with Crippen LogP contribution in [0.15, 0.2) is 30.3 Å². The number of hydrogen-bond acceptors (Lipinski definition) is 4. The molecule has 6 heteroatoms.